The number of aliphatic hydroxyl groups is 1. The number of hydrogen-bond donors (Lipinski definition) is 2. The van der Waals surface area contributed by atoms with E-state index in [2.05, 4.69) is 15.3 Å². The number of nitrogens with zero attached hydrogens (tertiary/aromatic N) is 3. The molecule has 0 fully saturated rings. The summed E-state index contributed by atoms with van der Waals surface area (Å²) >= 11 is 0. The molecule has 2 aromatic heterocycles. The standard InChI is InChI=1S/C17H18N4O2/c1-21-11-20-15-8-13(9-18-16(15)21)17(23)19-10-14(22)7-12-5-3-2-4-6-12/h2-6,8-9,11,14,22H,7,10H2,1H3,(H,19,23). The lowest BCUT2D eigenvalue weighted by atomic mass is 10.1. The highest BCUT2D eigenvalue weighted by atomic mass is 16.3. The number of amides is 1. The zero-order valence-corrected chi connectivity index (χ0v) is 12.8. The van der Waals surface area contributed by atoms with Crippen LogP contribution in [-0.2, 0) is 13.5 Å². The summed E-state index contributed by atoms with van der Waals surface area (Å²) in [4.78, 5) is 20.6. The number of nitrogens with one attached hydrogen (secondary N) is 1. The van der Waals surface area contributed by atoms with Crippen LogP contribution in [0, 0.1) is 0 Å². The summed E-state index contributed by atoms with van der Waals surface area (Å²) in [6.45, 7) is 0.188. The molecule has 118 valence electrons. The fourth-order valence-electron chi connectivity index (χ4n) is 2.41. The molecule has 0 saturated carbocycles. The zero-order chi connectivity index (χ0) is 16.2. The van der Waals surface area contributed by atoms with E-state index in [1.165, 1.54) is 6.20 Å². The molecule has 0 radical (unpaired) electrons. The van der Waals surface area contributed by atoms with Crippen LogP contribution in [0.25, 0.3) is 11.2 Å². The average Bonchev–Trinajstić information content (AvgIpc) is 2.94. The Bertz CT molecular complexity index is 814. The van der Waals surface area contributed by atoms with Crippen molar-refractivity contribution in [1.82, 2.24) is 19.9 Å². The number of pyridine rings is 1. The quantitative estimate of drug-likeness (QED) is 0.744. The first-order chi connectivity index (χ1) is 11.1. The smallest absolute Gasteiger partial charge is 0.253 e. The van der Waals surface area contributed by atoms with Crippen LogP contribution in [0.3, 0.4) is 0 Å². The largest absolute Gasteiger partial charge is 0.391 e. The molecule has 6 nitrogen and oxygen atoms in total. The fraction of sp³-hybridized carbons (Fsp3) is 0.235. The van der Waals surface area contributed by atoms with Gasteiger partial charge in [-0.3, -0.25) is 4.79 Å². The van der Waals surface area contributed by atoms with E-state index in [-0.39, 0.29) is 12.5 Å². The van der Waals surface area contributed by atoms with Crippen molar-refractivity contribution in [1.29, 1.82) is 0 Å². The van der Waals surface area contributed by atoms with Crippen molar-refractivity contribution in [2.24, 2.45) is 7.05 Å². The number of hydrogen-bond acceptors (Lipinski definition) is 4. The summed E-state index contributed by atoms with van der Waals surface area (Å²) in [7, 11) is 1.85. The summed E-state index contributed by atoms with van der Waals surface area (Å²) < 4.78 is 1.79. The van der Waals surface area contributed by atoms with Crippen molar-refractivity contribution in [3.63, 3.8) is 0 Å². The number of aryl methyl sites for hydroxylation is 1. The third kappa shape index (κ3) is 3.54. The maximum Gasteiger partial charge on any atom is 0.253 e. The van der Waals surface area contributed by atoms with Crippen molar-refractivity contribution in [2.45, 2.75) is 12.5 Å². The van der Waals surface area contributed by atoms with E-state index < -0.39 is 6.10 Å². The molecule has 23 heavy (non-hydrogen) atoms. The summed E-state index contributed by atoms with van der Waals surface area (Å²) in [6.07, 6.45) is 3.04. The first-order valence-corrected chi connectivity index (χ1v) is 7.41. The molecule has 0 bridgehead atoms. The van der Waals surface area contributed by atoms with E-state index in [4.69, 9.17) is 0 Å². The Morgan fingerprint density at radius 1 is 1.30 bits per heavy atom. The second-order valence-corrected chi connectivity index (χ2v) is 5.48. The van der Waals surface area contributed by atoms with Gasteiger partial charge in [0.05, 0.1) is 18.0 Å². The molecule has 1 aromatic carbocycles. The van der Waals surface area contributed by atoms with Gasteiger partial charge < -0.3 is 15.0 Å². The zero-order valence-electron chi connectivity index (χ0n) is 12.8. The summed E-state index contributed by atoms with van der Waals surface area (Å²) in [5.41, 5.74) is 2.87. The highest BCUT2D eigenvalue weighted by molar-refractivity contribution is 5.96. The Balaban J connectivity index is 1.59. The fourth-order valence-corrected chi connectivity index (χ4v) is 2.41. The number of imidazole rings is 1. The van der Waals surface area contributed by atoms with Gasteiger partial charge in [-0.1, -0.05) is 30.3 Å². The molecule has 0 aliphatic rings. The van der Waals surface area contributed by atoms with Crippen LogP contribution in [0.2, 0.25) is 0 Å². The van der Waals surface area contributed by atoms with E-state index in [0.29, 0.717) is 17.5 Å². The monoisotopic (exact) mass is 310 g/mol. The molecule has 0 saturated heterocycles. The topological polar surface area (TPSA) is 80.0 Å². The lowest BCUT2D eigenvalue weighted by Gasteiger charge is -2.12. The van der Waals surface area contributed by atoms with E-state index in [9.17, 15) is 9.90 Å². The molecule has 1 unspecified atom stereocenters. The Hall–Kier alpha value is -2.73. The Labute approximate surface area is 133 Å². The maximum atomic E-state index is 12.2. The van der Waals surface area contributed by atoms with Gasteiger partial charge in [-0.15, -0.1) is 0 Å². The number of benzene rings is 1. The molecule has 0 aliphatic heterocycles. The van der Waals surface area contributed by atoms with Crippen LogP contribution < -0.4 is 5.32 Å². The molecule has 6 heteroatoms. The van der Waals surface area contributed by atoms with Gasteiger partial charge in [-0.2, -0.15) is 0 Å². The molecule has 3 rings (SSSR count). The third-order valence-electron chi connectivity index (χ3n) is 3.63. The molecule has 2 N–H and O–H groups in total. The summed E-state index contributed by atoms with van der Waals surface area (Å²) in [6, 6.07) is 11.4. The van der Waals surface area contributed by atoms with E-state index >= 15 is 0 Å². The Kier molecular flexibility index (Phi) is 4.34. The van der Waals surface area contributed by atoms with E-state index in [1.807, 2.05) is 37.4 Å². The molecular formula is C17H18N4O2. The Morgan fingerprint density at radius 2 is 2.09 bits per heavy atom. The summed E-state index contributed by atoms with van der Waals surface area (Å²) in [5.74, 6) is -0.267. The highest BCUT2D eigenvalue weighted by Crippen LogP contribution is 2.10. The predicted octanol–water partition coefficient (Wildman–Crippen LogP) is 1.30. The van der Waals surface area contributed by atoms with Gasteiger partial charge >= 0.3 is 0 Å². The van der Waals surface area contributed by atoms with Crippen LogP contribution in [0.1, 0.15) is 15.9 Å². The molecule has 0 aliphatic carbocycles. The van der Waals surface area contributed by atoms with Crippen LogP contribution in [0.5, 0.6) is 0 Å². The molecular weight excluding hydrogens is 292 g/mol. The normalized spacial score (nSPS) is 12.3. The van der Waals surface area contributed by atoms with Gasteiger partial charge in [-0.25, -0.2) is 9.97 Å². The number of carbonyl (C=O) groups excluding carboxylic acids is 1. The average molecular weight is 310 g/mol. The molecule has 2 heterocycles. The van der Waals surface area contributed by atoms with Gasteiger partial charge in [0, 0.05) is 26.2 Å². The highest BCUT2D eigenvalue weighted by Gasteiger charge is 2.12. The minimum absolute atomic E-state index is 0.188. The van der Waals surface area contributed by atoms with Gasteiger partial charge in [0.2, 0.25) is 0 Å². The van der Waals surface area contributed by atoms with Gasteiger partial charge in [-0.05, 0) is 11.6 Å². The molecule has 1 amide bonds. The minimum Gasteiger partial charge on any atom is -0.391 e. The predicted molar refractivity (Wildman–Crippen MR) is 87.0 cm³/mol. The van der Waals surface area contributed by atoms with Gasteiger partial charge in [0.25, 0.3) is 5.91 Å². The molecule has 3 aromatic rings. The number of fused-ring (bicyclic) bond motifs is 1. The first kappa shape index (κ1) is 15.2. The number of aromatic nitrogens is 3. The number of aliphatic hydroxyl groups excluding tert-OH is 1. The van der Waals surface area contributed by atoms with Crippen LogP contribution in [0.4, 0.5) is 0 Å². The summed E-state index contributed by atoms with van der Waals surface area (Å²) in [5, 5.41) is 12.8. The van der Waals surface area contributed by atoms with Crippen molar-refractivity contribution in [3.8, 4) is 0 Å². The number of carbonyl (C=O) groups is 1. The van der Waals surface area contributed by atoms with Crippen molar-refractivity contribution >= 4 is 17.1 Å². The van der Waals surface area contributed by atoms with E-state index in [1.54, 1.807) is 17.0 Å². The maximum absolute atomic E-state index is 12.2. The molecule has 0 spiro atoms. The lowest BCUT2D eigenvalue weighted by Crippen LogP contribution is -2.33. The van der Waals surface area contributed by atoms with Crippen LogP contribution >= 0.6 is 0 Å². The van der Waals surface area contributed by atoms with E-state index in [0.717, 1.165) is 11.2 Å². The second-order valence-electron chi connectivity index (χ2n) is 5.48. The number of rotatable bonds is 5. The van der Waals surface area contributed by atoms with Gasteiger partial charge in [0.1, 0.15) is 5.52 Å². The third-order valence-corrected chi connectivity index (χ3v) is 3.63. The van der Waals surface area contributed by atoms with Crippen molar-refractivity contribution in [2.75, 3.05) is 6.54 Å². The molecule has 1 atom stereocenters. The van der Waals surface area contributed by atoms with Crippen LogP contribution in [-0.4, -0.2) is 38.2 Å². The van der Waals surface area contributed by atoms with Gasteiger partial charge in [0.15, 0.2) is 5.65 Å². The lowest BCUT2D eigenvalue weighted by molar-refractivity contribution is 0.0915. The second kappa shape index (κ2) is 6.58. The van der Waals surface area contributed by atoms with Crippen LogP contribution in [0.15, 0.2) is 48.9 Å². The SMILES string of the molecule is Cn1cnc2cc(C(=O)NCC(O)Cc3ccccc3)cnc21. The first-order valence-electron chi connectivity index (χ1n) is 7.41. The van der Waals surface area contributed by atoms with Crippen molar-refractivity contribution in [3.05, 3.63) is 60.0 Å². The van der Waals surface area contributed by atoms with Crippen molar-refractivity contribution < 1.29 is 9.90 Å². The Morgan fingerprint density at radius 3 is 2.87 bits per heavy atom. The minimum atomic E-state index is -0.632.